The molecule has 0 saturated carbocycles. The fraction of sp³-hybridized carbons (Fsp3) is 0.333. The van der Waals surface area contributed by atoms with Crippen LogP contribution in [0.4, 0.5) is 0 Å². The van der Waals surface area contributed by atoms with Gasteiger partial charge in [-0.15, -0.1) is 0 Å². The van der Waals surface area contributed by atoms with Gasteiger partial charge in [0, 0.05) is 17.6 Å². The van der Waals surface area contributed by atoms with Gasteiger partial charge in [0.1, 0.15) is 5.52 Å². The van der Waals surface area contributed by atoms with Crippen molar-refractivity contribution in [3.8, 4) is 0 Å². The van der Waals surface area contributed by atoms with Crippen molar-refractivity contribution >= 4 is 21.8 Å². The summed E-state index contributed by atoms with van der Waals surface area (Å²) in [6, 6.07) is 6.09. The lowest BCUT2D eigenvalue weighted by molar-refractivity contribution is 0.654. The summed E-state index contributed by atoms with van der Waals surface area (Å²) in [7, 11) is 0. The van der Waals surface area contributed by atoms with E-state index in [1.807, 2.05) is 30.5 Å². The standard InChI is InChI=1S/C15H18N4O/c1-9-4-5-12-11(8-9)14-13(10(2)17-18-14)15(20)19(12)7-3-6-16/h4-5,8H,3,6-7,16H2,1-2H3,(H,17,18). The molecule has 0 spiro atoms. The number of aromatic nitrogens is 3. The highest BCUT2D eigenvalue weighted by atomic mass is 16.1. The number of benzene rings is 1. The molecule has 0 saturated heterocycles. The third-order valence-corrected chi connectivity index (χ3v) is 3.69. The van der Waals surface area contributed by atoms with E-state index in [-0.39, 0.29) is 5.56 Å². The van der Waals surface area contributed by atoms with Crippen LogP contribution < -0.4 is 11.3 Å². The van der Waals surface area contributed by atoms with Crippen LogP contribution in [0.15, 0.2) is 23.0 Å². The van der Waals surface area contributed by atoms with Crippen molar-refractivity contribution in [1.29, 1.82) is 0 Å². The Hall–Kier alpha value is -2.14. The first-order chi connectivity index (χ1) is 9.63. The molecule has 5 nitrogen and oxygen atoms in total. The van der Waals surface area contributed by atoms with Gasteiger partial charge < -0.3 is 10.3 Å². The van der Waals surface area contributed by atoms with Crippen LogP contribution in [0.1, 0.15) is 17.7 Å². The maximum atomic E-state index is 12.7. The fourth-order valence-electron chi connectivity index (χ4n) is 2.68. The van der Waals surface area contributed by atoms with Crippen LogP contribution in [0.5, 0.6) is 0 Å². The molecular formula is C15H18N4O. The number of aryl methyl sites for hydroxylation is 3. The topological polar surface area (TPSA) is 76.7 Å². The second-order valence-electron chi connectivity index (χ2n) is 5.19. The fourth-order valence-corrected chi connectivity index (χ4v) is 2.68. The van der Waals surface area contributed by atoms with Gasteiger partial charge in [0.25, 0.3) is 5.56 Å². The molecule has 20 heavy (non-hydrogen) atoms. The van der Waals surface area contributed by atoms with Crippen molar-refractivity contribution in [2.45, 2.75) is 26.8 Å². The lowest BCUT2D eigenvalue weighted by Gasteiger charge is -2.11. The number of nitrogens with two attached hydrogens (primary N) is 1. The first-order valence-electron chi connectivity index (χ1n) is 6.81. The van der Waals surface area contributed by atoms with Crippen molar-refractivity contribution in [2.24, 2.45) is 5.73 Å². The summed E-state index contributed by atoms with van der Waals surface area (Å²) in [6.45, 7) is 5.13. The Morgan fingerprint density at radius 1 is 1.35 bits per heavy atom. The zero-order valence-corrected chi connectivity index (χ0v) is 11.7. The highest BCUT2D eigenvalue weighted by Gasteiger charge is 2.14. The Kier molecular flexibility index (Phi) is 3.06. The van der Waals surface area contributed by atoms with Gasteiger partial charge in [-0.2, -0.15) is 5.10 Å². The third kappa shape index (κ3) is 1.82. The SMILES string of the molecule is Cc1ccc2c(c1)c1n[nH]c(C)c1c(=O)n2CCCN. The number of nitrogens with zero attached hydrogens (tertiary/aromatic N) is 2. The molecule has 1 aromatic carbocycles. The van der Waals surface area contributed by atoms with Crippen molar-refractivity contribution in [3.05, 3.63) is 39.8 Å². The zero-order chi connectivity index (χ0) is 14.3. The van der Waals surface area contributed by atoms with E-state index in [4.69, 9.17) is 5.73 Å². The van der Waals surface area contributed by atoms with Gasteiger partial charge >= 0.3 is 0 Å². The largest absolute Gasteiger partial charge is 0.330 e. The van der Waals surface area contributed by atoms with Gasteiger partial charge in [0.05, 0.1) is 10.9 Å². The Labute approximate surface area is 116 Å². The summed E-state index contributed by atoms with van der Waals surface area (Å²) in [6.07, 6.45) is 0.783. The van der Waals surface area contributed by atoms with Crippen LogP contribution in [-0.2, 0) is 6.54 Å². The lowest BCUT2D eigenvalue weighted by Crippen LogP contribution is -2.22. The molecule has 3 rings (SSSR count). The normalized spacial score (nSPS) is 11.6. The number of nitrogens with one attached hydrogen (secondary N) is 1. The quantitative estimate of drug-likeness (QED) is 0.762. The van der Waals surface area contributed by atoms with E-state index < -0.39 is 0 Å². The summed E-state index contributed by atoms with van der Waals surface area (Å²) in [5, 5.41) is 8.93. The van der Waals surface area contributed by atoms with Crippen LogP contribution in [0.2, 0.25) is 0 Å². The van der Waals surface area contributed by atoms with Crippen molar-refractivity contribution in [2.75, 3.05) is 6.54 Å². The molecule has 2 heterocycles. The molecule has 5 heteroatoms. The smallest absolute Gasteiger partial charge is 0.262 e. The van der Waals surface area contributed by atoms with Crippen molar-refractivity contribution in [3.63, 3.8) is 0 Å². The second-order valence-corrected chi connectivity index (χ2v) is 5.19. The number of H-pyrrole nitrogens is 1. The molecule has 0 fully saturated rings. The molecule has 0 aliphatic carbocycles. The number of fused-ring (bicyclic) bond motifs is 3. The number of hydrogen-bond acceptors (Lipinski definition) is 3. The predicted octanol–water partition coefficient (Wildman–Crippen LogP) is 1.84. The van der Waals surface area contributed by atoms with Crippen molar-refractivity contribution < 1.29 is 0 Å². The minimum absolute atomic E-state index is 0.0102. The van der Waals surface area contributed by atoms with Crippen LogP contribution in [-0.4, -0.2) is 21.3 Å². The van der Waals surface area contributed by atoms with Gasteiger partial charge in [-0.05, 0) is 38.9 Å². The maximum Gasteiger partial charge on any atom is 0.262 e. The molecule has 0 radical (unpaired) electrons. The molecule has 0 aliphatic rings. The summed E-state index contributed by atoms with van der Waals surface area (Å²) in [5.74, 6) is 0. The van der Waals surface area contributed by atoms with Gasteiger partial charge in [-0.1, -0.05) is 11.6 Å². The van der Waals surface area contributed by atoms with Gasteiger partial charge in [-0.3, -0.25) is 9.89 Å². The Balaban J connectivity index is 2.47. The minimum atomic E-state index is 0.0102. The summed E-state index contributed by atoms with van der Waals surface area (Å²) >= 11 is 0. The summed E-state index contributed by atoms with van der Waals surface area (Å²) in [5.41, 5.74) is 9.25. The Morgan fingerprint density at radius 3 is 2.90 bits per heavy atom. The van der Waals surface area contributed by atoms with Crippen LogP contribution in [0.25, 0.3) is 21.8 Å². The van der Waals surface area contributed by atoms with E-state index in [9.17, 15) is 4.79 Å². The number of pyridine rings is 1. The lowest BCUT2D eigenvalue weighted by atomic mass is 10.1. The molecule has 3 aromatic rings. The first-order valence-corrected chi connectivity index (χ1v) is 6.81. The predicted molar refractivity (Wildman–Crippen MR) is 81.0 cm³/mol. The molecule has 0 aliphatic heterocycles. The molecule has 3 N–H and O–H groups in total. The van der Waals surface area contributed by atoms with E-state index in [0.29, 0.717) is 18.5 Å². The average molecular weight is 270 g/mol. The number of aromatic amines is 1. The van der Waals surface area contributed by atoms with Gasteiger partial charge in [-0.25, -0.2) is 0 Å². The highest BCUT2D eigenvalue weighted by Crippen LogP contribution is 2.23. The molecule has 104 valence electrons. The van der Waals surface area contributed by atoms with E-state index in [0.717, 1.165) is 34.1 Å². The van der Waals surface area contributed by atoms with E-state index in [1.54, 1.807) is 0 Å². The number of hydrogen-bond donors (Lipinski definition) is 2. The van der Waals surface area contributed by atoms with Gasteiger partial charge in [0.2, 0.25) is 0 Å². The molecule has 0 bridgehead atoms. The Bertz CT molecular complexity index is 844. The molecule has 0 unspecified atom stereocenters. The van der Waals surface area contributed by atoms with Crippen LogP contribution in [0, 0.1) is 13.8 Å². The van der Waals surface area contributed by atoms with Crippen LogP contribution in [0.3, 0.4) is 0 Å². The molecular weight excluding hydrogens is 252 g/mol. The van der Waals surface area contributed by atoms with E-state index in [1.165, 1.54) is 0 Å². The van der Waals surface area contributed by atoms with E-state index in [2.05, 4.69) is 16.3 Å². The minimum Gasteiger partial charge on any atom is -0.330 e. The van der Waals surface area contributed by atoms with Crippen molar-refractivity contribution in [1.82, 2.24) is 14.8 Å². The van der Waals surface area contributed by atoms with Crippen LogP contribution >= 0.6 is 0 Å². The molecule has 2 aromatic heterocycles. The van der Waals surface area contributed by atoms with Gasteiger partial charge in [0.15, 0.2) is 0 Å². The van der Waals surface area contributed by atoms with E-state index >= 15 is 0 Å². The second kappa shape index (κ2) is 4.76. The monoisotopic (exact) mass is 270 g/mol. The highest BCUT2D eigenvalue weighted by molar-refractivity contribution is 6.04. The third-order valence-electron chi connectivity index (χ3n) is 3.69. The molecule has 0 atom stereocenters. The summed E-state index contributed by atoms with van der Waals surface area (Å²) in [4.78, 5) is 12.7. The summed E-state index contributed by atoms with van der Waals surface area (Å²) < 4.78 is 1.81. The maximum absolute atomic E-state index is 12.7. The first kappa shape index (κ1) is 12.9. The number of rotatable bonds is 3. The zero-order valence-electron chi connectivity index (χ0n) is 11.7. The Morgan fingerprint density at radius 2 is 2.15 bits per heavy atom. The average Bonchev–Trinajstić information content (AvgIpc) is 2.82. The molecule has 0 amide bonds.